The quantitative estimate of drug-likeness (QED) is 0.306. The highest BCUT2D eigenvalue weighted by atomic mass is 16.2. The number of carbonyl (C=O) groups is 5. The van der Waals surface area contributed by atoms with Crippen molar-refractivity contribution < 1.29 is 24.0 Å². The number of aromatic nitrogens is 2. The number of aryl methyl sites for hydroxylation is 1. The molecule has 1 aliphatic rings. The number of amides is 4. The Morgan fingerprint density at radius 1 is 1.00 bits per heavy atom. The zero-order valence-electron chi connectivity index (χ0n) is 20.9. The lowest BCUT2D eigenvalue weighted by Gasteiger charge is -2.31. The Balaban J connectivity index is 2.03. The number of Topliss-reactive ketones (excluding diaryl/α,β-unsaturated/α-hetero) is 1. The highest BCUT2D eigenvalue weighted by Crippen LogP contribution is 2.20. The highest BCUT2D eigenvalue weighted by molar-refractivity contribution is 6.38. The molecule has 1 aliphatic carbocycles. The first-order chi connectivity index (χ1) is 15.7. The molecular weight excluding hydrogens is 440 g/mol. The summed E-state index contributed by atoms with van der Waals surface area (Å²) in [5.41, 5.74) is 0.183. The number of aromatic amines is 1. The molecule has 11 nitrogen and oxygen atoms in total. The van der Waals surface area contributed by atoms with Gasteiger partial charge in [-0.15, -0.1) is 0 Å². The predicted molar refractivity (Wildman–Crippen MR) is 125 cm³/mol. The lowest BCUT2D eigenvalue weighted by molar-refractivity contribution is -0.141. The Labute approximate surface area is 199 Å². The van der Waals surface area contributed by atoms with E-state index in [9.17, 15) is 24.0 Å². The van der Waals surface area contributed by atoms with Crippen molar-refractivity contribution in [3.05, 3.63) is 17.5 Å². The summed E-state index contributed by atoms with van der Waals surface area (Å²) in [5.74, 6) is -3.43. The summed E-state index contributed by atoms with van der Waals surface area (Å²) in [6, 6.07) is -1.40. The van der Waals surface area contributed by atoms with E-state index < -0.39 is 53.0 Å². The Bertz CT molecular complexity index is 944. The average molecular weight is 477 g/mol. The maximum absolute atomic E-state index is 13.0. The van der Waals surface area contributed by atoms with Gasteiger partial charge in [0.15, 0.2) is 0 Å². The molecule has 0 aromatic carbocycles. The maximum Gasteiger partial charge on any atom is 0.289 e. The smallest absolute Gasteiger partial charge is 0.289 e. The van der Waals surface area contributed by atoms with Crippen LogP contribution in [0.1, 0.15) is 70.6 Å². The van der Waals surface area contributed by atoms with Gasteiger partial charge in [0, 0.05) is 6.04 Å². The van der Waals surface area contributed by atoms with E-state index in [0.717, 1.165) is 12.8 Å². The molecule has 188 valence electrons. The van der Waals surface area contributed by atoms with Crippen molar-refractivity contribution in [2.24, 2.45) is 11.3 Å². The van der Waals surface area contributed by atoms with Crippen molar-refractivity contribution in [3.63, 3.8) is 0 Å². The van der Waals surface area contributed by atoms with Gasteiger partial charge in [-0.1, -0.05) is 34.6 Å². The van der Waals surface area contributed by atoms with E-state index in [0.29, 0.717) is 5.69 Å². The molecule has 1 aromatic rings. The van der Waals surface area contributed by atoms with Gasteiger partial charge >= 0.3 is 0 Å². The maximum atomic E-state index is 13.0. The molecule has 4 amide bonds. The predicted octanol–water partition coefficient (Wildman–Crippen LogP) is 0.356. The van der Waals surface area contributed by atoms with Gasteiger partial charge in [-0.25, -0.2) is 0 Å². The minimum Gasteiger partial charge on any atom is -0.347 e. The van der Waals surface area contributed by atoms with E-state index in [1.807, 2.05) is 0 Å². The number of H-pyrrole nitrogens is 1. The van der Waals surface area contributed by atoms with E-state index >= 15 is 0 Å². The number of rotatable bonds is 10. The summed E-state index contributed by atoms with van der Waals surface area (Å²) >= 11 is 0. The molecule has 0 saturated heterocycles. The van der Waals surface area contributed by atoms with Crippen LogP contribution in [0.2, 0.25) is 0 Å². The van der Waals surface area contributed by atoms with E-state index in [4.69, 9.17) is 0 Å². The topological polar surface area (TPSA) is 162 Å². The van der Waals surface area contributed by atoms with Crippen molar-refractivity contribution in [2.45, 2.75) is 85.5 Å². The molecule has 0 aliphatic heterocycles. The number of carbonyl (C=O) groups excluding carboxylic acids is 5. The van der Waals surface area contributed by atoms with E-state index in [1.54, 1.807) is 47.6 Å². The molecule has 1 saturated carbocycles. The van der Waals surface area contributed by atoms with Crippen LogP contribution in [0, 0.1) is 18.3 Å². The molecule has 1 aromatic heterocycles. The van der Waals surface area contributed by atoms with Crippen molar-refractivity contribution >= 4 is 29.4 Å². The monoisotopic (exact) mass is 476 g/mol. The van der Waals surface area contributed by atoms with Crippen LogP contribution in [0.3, 0.4) is 0 Å². The molecule has 0 bridgehead atoms. The summed E-state index contributed by atoms with van der Waals surface area (Å²) in [7, 11) is 0. The van der Waals surface area contributed by atoms with Crippen molar-refractivity contribution in [1.82, 2.24) is 31.5 Å². The van der Waals surface area contributed by atoms with Crippen LogP contribution in [-0.4, -0.2) is 63.8 Å². The van der Waals surface area contributed by atoms with Gasteiger partial charge in [0.1, 0.15) is 17.8 Å². The number of nitrogens with one attached hydrogen (secondary N) is 5. The second-order valence-corrected chi connectivity index (χ2v) is 10.3. The van der Waals surface area contributed by atoms with Crippen LogP contribution in [0.5, 0.6) is 0 Å². The van der Waals surface area contributed by atoms with Gasteiger partial charge in [-0.3, -0.25) is 29.1 Å². The van der Waals surface area contributed by atoms with Crippen LogP contribution in [0.4, 0.5) is 0 Å². The van der Waals surface area contributed by atoms with Crippen molar-refractivity contribution in [2.75, 3.05) is 0 Å². The summed E-state index contributed by atoms with van der Waals surface area (Å²) < 4.78 is 0. The largest absolute Gasteiger partial charge is 0.347 e. The molecule has 1 heterocycles. The van der Waals surface area contributed by atoms with Gasteiger partial charge in [0.2, 0.25) is 17.6 Å². The van der Waals surface area contributed by atoms with Crippen LogP contribution in [0.15, 0.2) is 6.07 Å². The molecule has 1 fully saturated rings. The van der Waals surface area contributed by atoms with Gasteiger partial charge in [-0.2, -0.15) is 5.10 Å². The third-order valence-corrected chi connectivity index (χ3v) is 5.49. The summed E-state index contributed by atoms with van der Waals surface area (Å²) in [5, 5.41) is 17.0. The van der Waals surface area contributed by atoms with E-state index in [-0.39, 0.29) is 17.7 Å². The van der Waals surface area contributed by atoms with Crippen LogP contribution in [-0.2, 0) is 19.2 Å². The minimum absolute atomic E-state index is 0.0217. The normalized spacial score (nSPS) is 16.2. The molecule has 11 heteroatoms. The van der Waals surface area contributed by atoms with Crippen molar-refractivity contribution in [3.8, 4) is 0 Å². The van der Waals surface area contributed by atoms with Gasteiger partial charge in [0.25, 0.3) is 11.8 Å². The van der Waals surface area contributed by atoms with Gasteiger partial charge in [0.05, 0.1) is 11.7 Å². The standard InChI is InChI=1S/C23H36N6O5/c1-11(2)16(17(30)21(33)25-14-8-9-14)26-19(31)13(4)24-22(34)18(23(5,6)7)27-20(32)15-10-12(3)28-29-15/h10-11,13-14,16,18H,8-9H2,1-7H3,(H,24,34)(H,25,33)(H,26,31)(H,27,32)(H,28,29)/t13-,16-,18+/m0/s1. The Kier molecular flexibility index (Phi) is 8.57. The highest BCUT2D eigenvalue weighted by Gasteiger charge is 2.36. The van der Waals surface area contributed by atoms with Crippen LogP contribution >= 0.6 is 0 Å². The SMILES string of the molecule is Cc1cc(C(=O)N[C@H](C(=O)N[C@@H](C)C(=O)N[C@H](C(=O)C(=O)NC2CC2)C(C)C)C(C)(C)C)[nH]n1. The minimum atomic E-state index is -1.02. The molecule has 5 N–H and O–H groups in total. The van der Waals surface area contributed by atoms with Crippen LogP contribution < -0.4 is 21.3 Å². The molecule has 0 radical (unpaired) electrons. The average Bonchev–Trinajstić information content (AvgIpc) is 3.44. The Morgan fingerprint density at radius 2 is 1.62 bits per heavy atom. The Hall–Kier alpha value is -3.24. The number of nitrogens with zero attached hydrogens (tertiary/aromatic N) is 1. The fraction of sp³-hybridized carbons (Fsp3) is 0.652. The third-order valence-electron chi connectivity index (χ3n) is 5.49. The van der Waals surface area contributed by atoms with Crippen LogP contribution in [0.25, 0.3) is 0 Å². The summed E-state index contributed by atoms with van der Waals surface area (Å²) in [6.07, 6.45) is 1.68. The second kappa shape index (κ2) is 10.8. The molecule has 0 spiro atoms. The zero-order valence-corrected chi connectivity index (χ0v) is 20.9. The fourth-order valence-corrected chi connectivity index (χ4v) is 3.22. The number of ketones is 1. The lowest BCUT2D eigenvalue weighted by Crippen LogP contribution is -2.59. The number of hydrogen-bond donors (Lipinski definition) is 5. The molecule has 2 rings (SSSR count). The third kappa shape index (κ3) is 7.39. The van der Waals surface area contributed by atoms with Gasteiger partial charge < -0.3 is 21.3 Å². The first kappa shape index (κ1) is 27.0. The molecule has 3 atom stereocenters. The van der Waals surface area contributed by atoms with E-state index in [1.165, 1.54) is 6.92 Å². The zero-order chi connectivity index (χ0) is 25.8. The first-order valence-electron chi connectivity index (χ1n) is 11.5. The van der Waals surface area contributed by atoms with E-state index in [2.05, 4.69) is 31.5 Å². The first-order valence-corrected chi connectivity index (χ1v) is 11.5. The number of hydrogen-bond acceptors (Lipinski definition) is 6. The lowest BCUT2D eigenvalue weighted by atomic mass is 9.85. The second-order valence-electron chi connectivity index (χ2n) is 10.3. The molecule has 34 heavy (non-hydrogen) atoms. The summed E-state index contributed by atoms with van der Waals surface area (Å²) in [4.78, 5) is 63.0. The van der Waals surface area contributed by atoms with Gasteiger partial charge in [-0.05, 0) is 44.1 Å². The summed E-state index contributed by atoms with van der Waals surface area (Å²) in [6.45, 7) is 12.0. The molecular formula is C23H36N6O5. The van der Waals surface area contributed by atoms with Crippen molar-refractivity contribution in [1.29, 1.82) is 0 Å². The Morgan fingerprint density at radius 3 is 2.09 bits per heavy atom. The molecule has 0 unspecified atom stereocenters. The fourth-order valence-electron chi connectivity index (χ4n) is 3.22.